The number of benzene rings is 2. The van der Waals surface area contributed by atoms with Gasteiger partial charge in [0, 0.05) is 19.0 Å². The Hall–Kier alpha value is -2.61. The minimum absolute atomic E-state index is 0.0594. The molecule has 1 aliphatic carbocycles. The van der Waals surface area contributed by atoms with E-state index in [0.29, 0.717) is 31.3 Å². The molecule has 0 aromatic heterocycles. The predicted octanol–water partition coefficient (Wildman–Crippen LogP) is 6.14. The third-order valence-electron chi connectivity index (χ3n) is 6.62. The number of anilines is 1. The average Bonchev–Trinajstić information content (AvgIpc) is 2.81. The highest BCUT2D eigenvalue weighted by Gasteiger charge is 2.35. The zero-order chi connectivity index (χ0) is 24.5. The summed E-state index contributed by atoms with van der Waals surface area (Å²) < 4.78 is 53.3. The number of nitrogens with zero attached hydrogens (tertiary/aromatic N) is 1. The van der Waals surface area contributed by atoms with Gasteiger partial charge in [-0.15, -0.1) is 0 Å². The van der Waals surface area contributed by atoms with Gasteiger partial charge in [-0.25, -0.2) is 4.39 Å². The maximum absolute atomic E-state index is 14.3. The molecule has 2 aromatic rings. The van der Waals surface area contributed by atoms with Gasteiger partial charge in [0.05, 0.1) is 22.7 Å². The lowest BCUT2D eigenvalue weighted by molar-refractivity contribution is -0.140. The molecule has 1 N–H and O–H groups in total. The van der Waals surface area contributed by atoms with Crippen LogP contribution in [0.15, 0.2) is 30.3 Å². The highest BCUT2D eigenvalue weighted by Crippen LogP contribution is 2.35. The van der Waals surface area contributed by atoms with Crippen molar-refractivity contribution in [3.63, 3.8) is 0 Å². The summed E-state index contributed by atoms with van der Waals surface area (Å²) >= 11 is 6.33. The summed E-state index contributed by atoms with van der Waals surface area (Å²) in [7, 11) is 0. The molecule has 9 heteroatoms. The molecular weight excluding hydrogens is 472 g/mol. The molecule has 0 radical (unpaired) electrons. The van der Waals surface area contributed by atoms with E-state index in [9.17, 15) is 27.2 Å². The van der Waals surface area contributed by atoms with E-state index in [2.05, 4.69) is 5.32 Å². The summed E-state index contributed by atoms with van der Waals surface area (Å²) in [6, 6.07) is 6.31. The zero-order valence-corrected chi connectivity index (χ0v) is 19.2. The first kappa shape index (κ1) is 24.5. The average molecular weight is 497 g/mol. The molecule has 1 fully saturated rings. The number of fused-ring (bicyclic) bond motifs is 1. The number of nitrogens with one attached hydrogen (secondary N) is 1. The van der Waals surface area contributed by atoms with Crippen molar-refractivity contribution in [1.82, 2.24) is 4.90 Å². The van der Waals surface area contributed by atoms with E-state index < -0.39 is 29.9 Å². The Morgan fingerprint density at radius 3 is 2.53 bits per heavy atom. The number of carbonyl (C=O) groups is 2. The molecule has 0 spiro atoms. The molecule has 182 valence electrons. The van der Waals surface area contributed by atoms with E-state index in [-0.39, 0.29) is 22.4 Å². The summed E-state index contributed by atoms with van der Waals surface area (Å²) in [5, 5.41) is 2.94. The lowest BCUT2D eigenvalue weighted by atomic mass is 9.87. The molecule has 2 amide bonds. The molecule has 34 heavy (non-hydrogen) atoms. The van der Waals surface area contributed by atoms with Crippen molar-refractivity contribution >= 4 is 29.1 Å². The highest BCUT2D eigenvalue weighted by molar-refractivity contribution is 6.34. The number of alkyl halides is 3. The summed E-state index contributed by atoms with van der Waals surface area (Å²) in [6.07, 6.45) is 0.201. The van der Waals surface area contributed by atoms with Gasteiger partial charge in [-0.1, -0.05) is 49.1 Å². The first-order valence-electron chi connectivity index (χ1n) is 11.4. The molecule has 4 nitrogen and oxygen atoms in total. The van der Waals surface area contributed by atoms with Crippen LogP contribution in [0.4, 0.5) is 23.2 Å². The van der Waals surface area contributed by atoms with Crippen molar-refractivity contribution in [3.8, 4) is 0 Å². The molecule has 0 unspecified atom stereocenters. The van der Waals surface area contributed by atoms with Gasteiger partial charge >= 0.3 is 6.18 Å². The topological polar surface area (TPSA) is 49.4 Å². The lowest BCUT2D eigenvalue weighted by Gasteiger charge is -2.34. The minimum Gasteiger partial charge on any atom is -0.338 e. The predicted molar refractivity (Wildman–Crippen MR) is 121 cm³/mol. The SMILES string of the molecule is O=C(Cc1cccc(C(F)(F)F)c1F)Nc1c(Cl)ccc2c1CCN(C(=O)C1CCCCC1)C2. The Morgan fingerprint density at radius 1 is 1.09 bits per heavy atom. The quantitative estimate of drug-likeness (QED) is 0.516. The van der Waals surface area contributed by atoms with Crippen molar-refractivity contribution in [2.45, 2.75) is 57.7 Å². The van der Waals surface area contributed by atoms with Crippen LogP contribution in [0, 0.1) is 11.7 Å². The summed E-state index contributed by atoms with van der Waals surface area (Å²) in [6.45, 7) is 0.904. The van der Waals surface area contributed by atoms with Gasteiger partial charge in [-0.05, 0) is 48.1 Å². The molecule has 0 saturated heterocycles. The number of hydrogen-bond donors (Lipinski definition) is 1. The smallest absolute Gasteiger partial charge is 0.338 e. The minimum atomic E-state index is -4.85. The van der Waals surface area contributed by atoms with Crippen molar-refractivity contribution in [2.75, 3.05) is 11.9 Å². The Morgan fingerprint density at radius 2 is 1.82 bits per heavy atom. The molecule has 1 aliphatic heterocycles. The molecule has 2 aromatic carbocycles. The summed E-state index contributed by atoms with van der Waals surface area (Å²) in [5.41, 5.74) is 0.257. The van der Waals surface area contributed by atoms with Crippen molar-refractivity contribution < 1.29 is 27.2 Å². The Bertz CT molecular complexity index is 1100. The van der Waals surface area contributed by atoms with Gasteiger partial charge in [-0.3, -0.25) is 9.59 Å². The summed E-state index contributed by atoms with van der Waals surface area (Å²) in [4.78, 5) is 27.4. The first-order valence-corrected chi connectivity index (χ1v) is 11.8. The van der Waals surface area contributed by atoms with E-state index in [1.165, 1.54) is 6.42 Å². The van der Waals surface area contributed by atoms with Crippen LogP contribution in [-0.4, -0.2) is 23.3 Å². The molecule has 4 rings (SSSR count). The van der Waals surface area contributed by atoms with Crippen LogP contribution in [0.2, 0.25) is 5.02 Å². The zero-order valence-electron chi connectivity index (χ0n) is 18.5. The van der Waals surface area contributed by atoms with Crippen LogP contribution < -0.4 is 5.32 Å². The molecule has 0 atom stereocenters. The second-order valence-corrected chi connectivity index (χ2v) is 9.31. The Balaban J connectivity index is 1.49. The normalized spacial score (nSPS) is 16.8. The number of carbonyl (C=O) groups excluding carboxylic acids is 2. The molecular formula is C25H25ClF4N2O2. The van der Waals surface area contributed by atoms with Crippen molar-refractivity contribution in [2.24, 2.45) is 5.92 Å². The Kier molecular flexibility index (Phi) is 7.17. The molecule has 2 aliphatic rings. The van der Waals surface area contributed by atoms with Gasteiger partial charge in [0.1, 0.15) is 5.82 Å². The van der Waals surface area contributed by atoms with Crippen LogP contribution in [0.25, 0.3) is 0 Å². The monoisotopic (exact) mass is 496 g/mol. The number of amides is 2. The third kappa shape index (κ3) is 5.22. The second-order valence-electron chi connectivity index (χ2n) is 8.91. The van der Waals surface area contributed by atoms with Gasteiger partial charge < -0.3 is 10.2 Å². The van der Waals surface area contributed by atoms with E-state index in [1.54, 1.807) is 6.07 Å². The number of halogens is 5. The second kappa shape index (κ2) is 9.94. The van der Waals surface area contributed by atoms with E-state index in [0.717, 1.165) is 48.9 Å². The van der Waals surface area contributed by atoms with E-state index in [1.807, 2.05) is 11.0 Å². The largest absolute Gasteiger partial charge is 0.419 e. The van der Waals surface area contributed by atoms with Crippen LogP contribution in [0.1, 0.15) is 54.4 Å². The van der Waals surface area contributed by atoms with Crippen LogP contribution in [0.5, 0.6) is 0 Å². The van der Waals surface area contributed by atoms with Crippen molar-refractivity contribution in [3.05, 3.63) is 63.4 Å². The fourth-order valence-electron chi connectivity index (χ4n) is 4.85. The molecule has 1 heterocycles. The molecule has 0 bridgehead atoms. The van der Waals surface area contributed by atoms with E-state index in [4.69, 9.17) is 11.6 Å². The number of hydrogen-bond acceptors (Lipinski definition) is 2. The van der Waals surface area contributed by atoms with Crippen LogP contribution in [0.3, 0.4) is 0 Å². The van der Waals surface area contributed by atoms with Gasteiger partial charge in [0.2, 0.25) is 11.8 Å². The number of rotatable bonds is 4. The third-order valence-corrected chi connectivity index (χ3v) is 6.93. The molecule has 1 saturated carbocycles. The maximum Gasteiger partial charge on any atom is 0.419 e. The standard InChI is InChI=1S/C25H25ClF4N2O2/c26-20-10-9-17-14-32(24(34)15-5-2-1-3-6-15)12-11-18(17)23(20)31-21(33)13-16-7-4-8-19(22(16)27)25(28,29)30/h4,7-10,15H,1-3,5-6,11-14H2,(H,31,33). The van der Waals surface area contributed by atoms with Gasteiger partial charge in [0.25, 0.3) is 0 Å². The lowest BCUT2D eigenvalue weighted by Crippen LogP contribution is -2.40. The van der Waals surface area contributed by atoms with Crippen LogP contribution in [-0.2, 0) is 35.2 Å². The van der Waals surface area contributed by atoms with Gasteiger partial charge in [-0.2, -0.15) is 13.2 Å². The fraction of sp³-hybridized carbons (Fsp3) is 0.440. The summed E-state index contributed by atoms with van der Waals surface area (Å²) in [5.74, 6) is -1.91. The van der Waals surface area contributed by atoms with E-state index >= 15 is 0 Å². The fourth-order valence-corrected chi connectivity index (χ4v) is 5.07. The van der Waals surface area contributed by atoms with Crippen molar-refractivity contribution in [1.29, 1.82) is 0 Å². The first-order chi connectivity index (χ1) is 16.1. The highest BCUT2D eigenvalue weighted by atomic mass is 35.5. The van der Waals surface area contributed by atoms with Gasteiger partial charge in [0.15, 0.2) is 0 Å². The van der Waals surface area contributed by atoms with Crippen LogP contribution >= 0.6 is 11.6 Å². The maximum atomic E-state index is 14.3. The Labute approximate surface area is 200 Å².